The molecule has 7 heteroatoms. The maximum absolute atomic E-state index is 7.58. The molecule has 3 aromatic rings. The molecule has 0 saturated heterocycles. The van der Waals surface area contributed by atoms with E-state index >= 15 is 0 Å². The van der Waals surface area contributed by atoms with Gasteiger partial charge in [0, 0.05) is 40.2 Å². The summed E-state index contributed by atoms with van der Waals surface area (Å²) in [6.07, 6.45) is 9.65. The Balaban J connectivity index is 1.92. The molecule has 174 valence electrons. The van der Waals surface area contributed by atoms with Crippen LogP contribution in [0.4, 0.5) is 11.4 Å². The van der Waals surface area contributed by atoms with E-state index in [1.165, 1.54) is 6.21 Å². The molecule has 1 aromatic heterocycles. The zero-order valence-electron chi connectivity index (χ0n) is 19.5. The Hall–Kier alpha value is -3.99. The van der Waals surface area contributed by atoms with Crippen molar-refractivity contribution in [1.29, 1.82) is 5.41 Å². The predicted octanol–water partition coefficient (Wildman–Crippen LogP) is 7.29. The third-order valence-corrected chi connectivity index (χ3v) is 5.52. The van der Waals surface area contributed by atoms with Crippen molar-refractivity contribution < 1.29 is 4.74 Å². The van der Waals surface area contributed by atoms with Gasteiger partial charge >= 0.3 is 0 Å². The van der Waals surface area contributed by atoms with E-state index in [0.717, 1.165) is 40.0 Å². The number of aromatic amines is 1. The molecule has 0 fully saturated rings. The van der Waals surface area contributed by atoms with Crippen LogP contribution in [0.15, 0.2) is 90.1 Å². The Morgan fingerprint density at radius 3 is 2.79 bits per heavy atom. The Morgan fingerprint density at radius 2 is 2.12 bits per heavy atom. The van der Waals surface area contributed by atoms with E-state index in [1.54, 1.807) is 13.3 Å². The minimum atomic E-state index is 0.599. The Labute approximate surface area is 204 Å². The lowest BCUT2D eigenvalue weighted by Crippen LogP contribution is -2.03. The number of benzene rings is 2. The van der Waals surface area contributed by atoms with Gasteiger partial charge in [0.1, 0.15) is 5.76 Å². The largest absolute Gasteiger partial charge is 0.496 e. The average molecular weight is 474 g/mol. The average Bonchev–Trinajstić information content (AvgIpc) is 3.34. The lowest BCUT2D eigenvalue weighted by Gasteiger charge is -2.14. The van der Waals surface area contributed by atoms with Crippen LogP contribution in [-0.4, -0.2) is 23.5 Å². The van der Waals surface area contributed by atoms with E-state index in [-0.39, 0.29) is 0 Å². The van der Waals surface area contributed by atoms with Crippen LogP contribution in [0, 0.1) is 5.41 Å². The minimum absolute atomic E-state index is 0.599. The molecule has 0 atom stereocenters. The molecule has 3 rings (SSSR count). The molecule has 0 aliphatic carbocycles. The number of allylic oxidation sites excluding steroid dienone is 4. The standard InChI is InChI=1S/C27H28ClN5O/c1-5-9-20(32-25-13-12-24-22(27(25)28)17-30-33-24)15-26(34-4)19-10-8-11-21(14-19)31-23(7-3)18(6-2)16-29/h6,8-17,29,31-32H,3,5H2,1-2,4H3,(H,30,33)/b18-6+,20-9-,26-15-,29-16?. The Morgan fingerprint density at radius 1 is 1.29 bits per heavy atom. The van der Waals surface area contributed by atoms with E-state index in [2.05, 4.69) is 46.1 Å². The molecule has 0 aliphatic heterocycles. The number of halogens is 1. The third-order valence-electron chi connectivity index (χ3n) is 5.12. The van der Waals surface area contributed by atoms with Crippen molar-refractivity contribution in [3.05, 3.63) is 101 Å². The number of methoxy groups -OCH3 is 1. The molecule has 0 radical (unpaired) electrons. The van der Waals surface area contributed by atoms with Crippen LogP contribution in [0.3, 0.4) is 0 Å². The number of rotatable bonds is 10. The molecule has 0 aliphatic rings. The number of hydrogen-bond donors (Lipinski definition) is 4. The van der Waals surface area contributed by atoms with Crippen LogP contribution in [0.2, 0.25) is 5.02 Å². The van der Waals surface area contributed by atoms with Gasteiger partial charge in [0.25, 0.3) is 0 Å². The number of H-pyrrole nitrogens is 1. The first-order valence-corrected chi connectivity index (χ1v) is 11.2. The number of anilines is 2. The predicted molar refractivity (Wildman–Crippen MR) is 143 cm³/mol. The minimum Gasteiger partial charge on any atom is -0.496 e. The zero-order valence-corrected chi connectivity index (χ0v) is 20.3. The lowest BCUT2D eigenvalue weighted by molar-refractivity contribution is 0.370. The van der Waals surface area contributed by atoms with Crippen molar-refractivity contribution in [3.8, 4) is 0 Å². The van der Waals surface area contributed by atoms with Crippen LogP contribution in [0.1, 0.15) is 25.8 Å². The van der Waals surface area contributed by atoms with E-state index in [0.29, 0.717) is 22.1 Å². The molecule has 0 amide bonds. The van der Waals surface area contributed by atoms with Gasteiger partial charge in [-0.15, -0.1) is 5.73 Å². The number of fused-ring (bicyclic) bond motifs is 1. The third kappa shape index (κ3) is 5.67. The van der Waals surface area contributed by atoms with E-state index < -0.39 is 0 Å². The smallest absolute Gasteiger partial charge is 0.128 e. The van der Waals surface area contributed by atoms with Crippen LogP contribution >= 0.6 is 11.6 Å². The summed E-state index contributed by atoms with van der Waals surface area (Å²) in [5.41, 5.74) is 8.42. The second-order valence-corrected chi connectivity index (χ2v) is 7.69. The van der Waals surface area contributed by atoms with E-state index in [9.17, 15) is 0 Å². The van der Waals surface area contributed by atoms with Crippen molar-refractivity contribution in [2.75, 3.05) is 17.7 Å². The summed E-state index contributed by atoms with van der Waals surface area (Å²) < 4.78 is 5.74. The fourth-order valence-corrected chi connectivity index (χ4v) is 3.68. The maximum atomic E-state index is 7.58. The normalized spacial score (nSPS) is 12.3. The number of hydrogen-bond acceptors (Lipinski definition) is 5. The molecule has 0 unspecified atom stereocenters. The molecule has 6 nitrogen and oxygen atoms in total. The van der Waals surface area contributed by atoms with Gasteiger partial charge in [-0.3, -0.25) is 5.10 Å². The van der Waals surface area contributed by atoms with Gasteiger partial charge in [-0.05, 0) is 37.6 Å². The maximum Gasteiger partial charge on any atom is 0.128 e. The first-order chi connectivity index (χ1) is 16.5. The van der Waals surface area contributed by atoms with Crippen molar-refractivity contribution in [2.45, 2.75) is 20.3 Å². The van der Waals surface area contributed by atoms with Crippen LogP contribution < -0.4 is 10.6 Å². The molecule has 0 spiro atoms. The first kappa shape index (κ1) is 24.6. The molecule has 2 aromatic carbocycles. The summed E-state index contributed by atoms with van der Waals surface area (Å²) in [5.74, 6) is 0.679. The summed E-state index contributed by atoms with van der Waals surface area (Å²) in [4.78, 5) is 0. The van der Waals surface area contributed by atoms with Gasteiger partial charge in [-0.25, -0.2) is 0 Å². The Kier molecular flexibility index (Phi) is 8.52. The number of nitrogens with one attached hydrogen (secondary N) is 4. The van der Waals surface area contributed by atoms with Gasteiger partial charge in [0.15, 0.2) is 0 Å². The van der Waals surface area contributed by atoms with Crippen LogP contribution in [0.25, 0.3) is 16.7 Å². The highest BCUT2D eigenvalue weighted by Crippen LogP contribution is 2.31. The summed E-state index contributed by atoms with van der Waals surface area (Å²) in [6.45, 7) is 7.67. The van der Waals surface area contributed by atoms with E-state index in [4.69, 9.17) is 21.7 Å². The first-order valence-electron chi connectivity index (χ1n) is 10.8. The van der Waals surface area contributed by atoms with Crippen LogP contribution in [0.5, 0.6) is 0 Å². The zero-order chi connectivity index (χ0) is 24.5. The topological polar surface area (TPSA) is 85.8 Å². The van der Waals surface area contributed by atoms with Gasteiger partial charge in [-0.1, -0.05) is 49.4 Å². The van der Waals surface area contributed by atoms with Gasteiger partial charge in [-0.2, -0.15) is 5.10 Å². The highest BCUT2D eigenvalue weighted by Gasteiger charge is 2.10. The van der Waals surface area contributed by atoms with Crippen molar-refractivity contribution >= 4 is 45.9 Å². The number of nitrogens with zero attached hydrogens (tertiary/aromatic N) is 1. The highest BCUT2D eigenvalue weighted by molar-refractivity contribution is 6.38. The quantitative estimate of drug-likeness (QED) is 0.108. The monoisotopic (exact) mass is 473 g/mol. The van der Waals surface area contributed by atoms with Gasteiger partial charge in [0.05, 0.1) is 35.2 Å². The molecule has 0 bridgehead atoms. The fourth-order valence-electron chi connectivity index (χ4n) is 3.42. The highest BCUT2D eigenvalue weighted by atomic mass is 35.5. The van der Waals surface area contributed by atoms with Crippen molar-refractivity contribution in [3.63, 3.8) is 0 Å². The number of ether oxygens (including phenoxy) is 1. The second-order valence-electron chi connectivity index (χ2n) is 7.31. The molecule has 34 heavy (non-hydrogen) atoms. The lowest BCUT2D eigenvalue weighted by atomic mass is 10.1. The van der Waals surface area contributed by atoms with Crippen molar-refractivity contribution in [2.24, 2.45) is 0 Å². The van der Waals surface area contributed by atoms with Gasteiger partial charge < -0.3 is 20.8 Å². The SMILES string of the molecule is C=C=C(Nc1cccc(/C(=C/C(=C/CC)Nc2ccc3[nH]ncc3c2Cl)OC)c1)/C(C=N)=C/C. The molecular weight excluding hydrogens is 446 g/mol. The molecule has 4 N–H and O–H groups in total. The van der Waals surface area contributed by atoms with Gasteiger partial charge in [0.2, 0.25) is 0 Å². The van der Waals surface area contributed by atoms with E-state index in [1.807, 2.05) is 55.5 Å². The van der Waals surface area contributed by atoms with Crippen molar-refractivity contribution in [1.82, 2.24) is 10.2 Å². The van der Waals surface area contributed by atoms with Crippen LogP contribution in [-0.2, 0) is 4.74 Å². The summed E-state index contributed by atoms with van der Waals surface area (Å²) in [6, 6.07) is 11.7. The fraction of sp³-hybridized carbons (Fsp3) is 0.148. The second kappa shape index (κ2) is 11.8. The summed E-state index contributed by atoms with van der Waals surface area (Å²) in [7, 11) is 1.64. The molecular formula is C27H28ClN5O. The summed E-state index contributed by atoms with van der Waals surface area (Å²) >= 11 is 6.60. The summed E-state index contributed by atoms with van der Waals surface area (Å²) in [5, 5.41) is 22.7. The number of aromatic nitrogens is 2. The Bertz CT molecular complexity index is 1330. The molecule has 1 heterocycles. The molecule has 0 saturated carbocycles.